The van der Waals surface area contributed by atoms with Gasteiger partial charge in [0, 0.05) is 12.6 Å². The lowest BCUT2D eigenvalue weighted by Gasteiger charge is -2.24. The third-order valence-corrected chi connectivity index (χ3v) is 4.13. The molecule has 0 aliphatic carbocycles. The summed E-state index contributed by atoms with van der Waals surface area (Å²) in [7, 11) is 3.36. The number of rotatable bonds is 7. The van der Waals surface area contributed by atoms with Gasteiger partial charge in [-0.2, -0.15) is 0 Å². The van der Waals surface area contributed by atoms with Crippen LogP contribution in [-0.2, 0) is 11.3 Å². The molecule has 0 radical (unpaired) electrons. The molecule has 4 nitrogen and oxygen atoms in total. The number of hydrogen-bond donors (Lipinski definition) is 1. The predicted molar refractivity (Wildman–Crippen MR) is 92.2 cm³/mol. The molecule has 1 unspecified atom stereocenters. The van der Waals surface area contributed by atoms with Gasteiger partial charge in [0.1, 0.15) is 5.75 Å². The van der Waals surface area contributed by atoms with Gasteiger partial charge in [0.05, 0.1) is 13.7 Å². The van der Waals surface area contributed by atoms with Crippen molar-refractivity contribution >= 4 is 5.91 Å². The van der Waals surface area contributed by atoms with Crippen LogP contribution in [0.15, 0.2) is 42.5 Å². The number of methoxy groups -OCH3 is 1. The van der Waals surface area contributed by atoms with Gasteiger partial charge in [0.25, 0.3) is 0 Å². The zero-order chi connectivity index (χ0) is 18.4. The second kappa shape index (κ2) is 8.58. The SMILES string of the molecule is COc1ccc(CNC(=O)CN(C)C(C)c2ccc(F)c(F)c2)cc1. The molecule has 2 rings (SSSR count). The Kier molecular flexibility index (Phi) is 6.47. The highest BCUT2D eigenvalue weighted by Crippen LogP contribution is 2.20. The maximum Gasteiger partial charge on any atom is 0.234 e. The van der Waals surface area contributed by atoms with Gasteiger partial charge >= 0.3 is 0 Å². The van der Waals surface area contributed by atoms with Crippen molar-refractivity contribution in [3.05, 3.63) is 65.2 Å². The van der Waals surface area contributed by atoms with Crippen molar-refractivity contribution in [1.29, 1.82) is 0 Å². The summed E-state index contributed by atoms with van der Waals surface area (Å²) in [5.74, 6) is -1.15. The minimum atomic E-state index is -0.887. The summed E-state index contributed by atoms with van der Waals surface area (Å²) in [6.45, 7) is 2.40. The molecule has 0 aliphatic rings. The minimum absolute atomic E-state index is 0.146. The quantitative estimate of drug-likeness (QED) is 0.835. The van der Waals surface area contributed by atoms with E-state index in [2.05, 4.69) is 5.32 Å². The van der Waals surface area contributed by atoms with Crippen molar-refractivity contribution < 1.29 is 18.3 Å². The van der Waals surface area contributed by atoms with Crippen LogP contribution < -0.4 is 10.1 Å². The molecule has 1 atom stereocenters. The normalized spacial score (nSPS) is 12.1. The van der Waals surface area contributed by atoms with Crippen molar-refractivity contribution in [3.63, 3.8) is 0 Å². The third kappa shape index (κ3) is 5.26. The van der Waals surface area contributed by atoms with Crippen LogP contribution in [0.25, 0.3) is 0 Å². The Labute approximate surface area is 146 Å². The molecule has 1 N–H and O–H groups in total. The van der Waals surface area contributed by atoms with E-state index in [1.807, 2.05) is 31.2 Å². The molecular weight excluding hydrogens is 326 g/mol. The summed E-state index contributed by atoms with van der Waals surface area (Å²) >= 11 is 0. The molecule has 2 aromatic rings. The molecular formula is C19H22F2N2O2. The first-order chi connectivity index (χ1) is 11.9. The van der Waals surface area contributed by atoms with Gasteiger partial charge in [-0.05, 0) is 49.4 Å². The summed E-state index contributed by atoms with van der Waals surface area (Å²) in [5, 5.41) is 2.84. The molecule has 0 saturated heterocycles. The van der Waals surface area contributed by atoms with Gasteiger partial charge in [-0.25, -0.2) is 8.78 Å². The zero-order valence-electron chi connectivity index (χ0n) is 14.6. The second-order valence-corrected chi connectivity index (χ2v) is 5.89. The topological polar surface area (TPSA) is 41.6 Å². The molecule has 0 heterocycles. The fraction of sp³-hybridized carbons (Fsp3) is 0.316. The van der Waals surface area contributed by atoms with Gasteiger partial charge in [-0.3, -0.25) is 9.69 Å². The van der Waals surface area contributed by atoms with Crippen LogP contribution in [0.3, 0.4) is 0 Å². The van der Waals surface area contributed by atoms with E-state index in [0.29, 0.717) is 12.1 Å². The van der Waals surface area contributed by atoms with Crippen LogP contribution in [0.2, 0.25) is 0 Å². The number of amides is 1. The van der Waals surface area contributed by atoms with Crippen LogP contribution in [0, 0.1) is 11.6 Å². The number of benzene rings is 2. The number of likely N-dealkylation sites (N-methyl/N-ethyl adjacent to an activating group) is 1. The van der Waals surface area contributed by atoms with E-state index in [-0.39, 0.29) is 18.5 Å². The van der Waals surface area contributed by atoms with E-state index >= 15 is 0 Å². The molecule has 0 aromatic heterocycles. The summed E-state index contributed by atoms with van der Waals surface area (Å²) < 4.78 is 31.5. The van der Waals surface area contributed by atoms with Crippen LogP contribution in [0.4, 0.5) is 8.78 Å². The van der Waals surface area contributed by atoms with Gasteiger partial charge < -0.3 is 10.1 Å². The molecule has 0 saturated carbocycles. The number of nitrogens with zero attached hydrogens (tertiary/aromatic N) is 1. The van der Waals surface area contributed by atoms with E-state index in [1.165, 1.54) is 6.07 Å². The van der Waals surface area contributed by atoms with Gasteiger partial charge in [0.2, 0.25) is 5.91 Å². The Bertz CT molecular complexity index is 720. The summed E-state index contributed by atoms with van der Waals surface area (Å²) in [5.41, 5.74) is 1.58. The molecule has 25 heavy (non-hydrogen) atoms. The van der Waals surface area contributed by atoms with Crippen LogP contribution in [0.5, 0.6) is 5.75 Å². The van der Waals surface area contributed by atoms with Gasteiger partial charge in [-0.15, -0.1) is 0 Å². The second-order valence-electron chi connectivity index (χ2n) is 5.89. The molecule has 2 aromatic carbocycles. The summed E-state index contributed by atoms with van der Waals surface area (Å²) in [6.07, 6.45) is 0. The molecule has 0 spiro atoms. The highest BCUT2D eigenvalue weighted by Gasteiger charge is 2.16. The number of halogens is 2. The van der Waals surface area contributed by atoms with E-state index < -0.39 is 11.6 Å². The number of nitrogens with one attached hydrogen (secondary N) is 1. The fourth-order valence-electron chi connectivity index (χ4n) is 2.39. The molecule has 6 heteroatoms. The molecule has 0 bridgehead atoms. The Morgan fingerprint density at radius 3 is 2.44 bits per heavy atom. The van der Waals surface area contributed by atoms with Crippen molar-refractivity contribution in [2.45, 2.75) is 19.5 Å². The first-order valence-electron chi connectivity index (χ1n) is 7.95. The average Bonchev–Trinajstić information content (AvgIpc) is 2.62. The third-order valence-electron chi connectivity index (χ3n) is 4.13. The van der Waals surface area contributed by atoms with Crippen LogP contribution in [0.1, 0.15) is 24.1 Å². The largest absolute Gasteiger partial charge is 0.497 e. The number of carbonyl (C=O) groups excluding carboxylic acids is 1. The number of ether oxygens (including phenoxy) is 1. The first kappa shape index (κ1) is 18.9. The van der Waals surface area contributed by atoms with E-state index in [9.17, 15) is 13.6 Å². The van der Waals surface area contributed by atoms with Gasteiger partial charge in [-0.1, -0.05) is 18.2 Å². The predicted octanol–water partition coefficient (Wildman–Crippen LogP) is 3.28. The lowest BCUT2D eigenvalue weighted by Crippen LogP contribution is -2.36. The summed E-state index contributed by atoms with van der Waals surface area (Å²) in [6, 6.07) is 11.0. The smallest absolute Gasteiger partial charge is 0.234 e. The van der Waals surface area contributed by atoms with E-state index in [0.717, 1.165) is 23.4 Å². The molecule has 0 fully saturated rings. The molecule has 134 valence electrons. The van der Waals surface area contributed by atoms with E-state index in [4.69, 9.17) is 4.74 Å². The number of hydrogen-bond acceptors (Lipinski definition) is 3. The number of carbonyl (C=O) groups is 1. The van der Waals surface area contributed by atoms with Crippen molar-refractivity contribution in [2.75, 3.05) is 20.7 Å². The lowest BCUT2D eigenvalue weighted by molar-refractivity contribution is -0.122. The van der Waals surface area contributed by atoms with Crippen molar-refractivity contribution in [3.8, 4) is 5.75 Å². The molecule has 0 aliphatic heterocycles. The monoisotopic (exact) mass is 348 g/mol. The van der Waals surface area contributed by atoms with Crippen molar-refractivity contribution in [1.82, 2.24) is 10.2 Å². The van der Waals surface area contributed by atoms with Crippen LogP contribution in [-0.4, -0.2) is 31.5 Å². The highest BCUT2D eigenvalue weighted by molar-refractivity contribution is 5.78. The minimum Gasteiger partial charge on any atom is -0.497 e. The zero-order valence-corrected chi connectivity index (χ0v) is 14.6. The lowest BCUT2D eigenvalue weighted by atomic mass is 10.1. The maximum atomic E-state index is 13.3. The van der Waals surface area contributed by atoms with Gasteiger partial charge in [0.15, 0.2) is 11.6 Å². The average molecular weight is 348 g/mol. The summed E-state index contributed by atoms with van der Waals surface area (Å²) in [4.78, 5) is 13.9. The Morgan fingerprint density at radius 1 is 1.16 bits per heavy atom. The van der Waals surface area contributed by atoms with Crippen LogP contribution >= 0.6 is 0 Å². The Hall–Kier alpha value is -2.47. The fourth-order valence-corrected chi connectivity index (χ4v) is 2.39. The Balaban J connectivity index is 1.86. The van der Waals surface area contributed by atoms with E-state index in [1.54, 1.807) is 19.1 Å². The standard InChI is InChI=1S/C19H22F2N2O2/c1-13(15-6-9-17(20)18(21)10-15)23(2)12-19(24)22-11-14-4-7-16(25-3)8-5-14/h4-10,13H,11-12H2,1-3H3,(H,22,24). The maximum absolute atomic E-state index is 13.3. The Morgan fingerprint density at radius 2 is 1.84 bits per heavy atom. The highest BCUT2D eigenvalue weighted by atomic mass is 19.2. The molecule has 1 amide bonds. The van der Waals surface area contributed by atoms with Crippen molar-refractivity contribution in [2.24, 2.45) is 0 Å². The first-order valence-corrected chi connectivity index (χ1v) is 7.95.